The Kier molecular flexibility index (Phi) is 9.55. The van der Waals surface area contributed by atoms with Crippen LogP contribution in [0.1, 0.15) is 79.1 Å². The smallest absolute Gasteiger partial charge is 0.0412 e. The summed E-state index contributed by atoms with van der Waals surface area (Å²) in [6, 6.07) is 0. The molecule has 0 aliphatic carbocycles. The van der Waals surface area contributed by atoms with E-state index in [-0.39, 0.29) is 0 Å². The van der Waals surface area contributed by atoms with Crippen molar-refractivity contribution in [1.29, 1.82) is 0 Å². The second-order valence-electron chi connectivity index (χ2n) is 4.93. The topological polar surface area (TPSA) is 0 Å². The van der Waals surface area contributed by atoms with E-state index >= 15 is 0 Å². The molecule has 14 heavy (non-hydrogen) atoms. The number of hydrogen-bond acceptors (Lipinski definition) is 0. The van der Waals surface area contributed by atoms with E-state index in [1.165, 1.54) is 51.4 Å². The number of unbranched alkanes of at least 4 members (excludes halogenated alkanes) is 1. The van der Waals surface area contributed by atoms with Gasteiger partial charge in [0.1, 0.15) is 0 Å². The van der Waals surface area contributed by atoms with Gasteiger partial charge in [0.05, 0.1) is 0 Å². The van der Waals surface area contributed by atoms with Crippen LogP contribution in [0.3, 0.4) is 0 Å². The fraction of sp³-hybridized carbons (Fsp3) is 1.00. The van der Waals surface area contributed by atoms with Gasteiger partial charge in [0, 0.05) is 0 Å². The Labute approximate surface area is 91.5 Å². The number of rotatable bonds is 9. The van der Waals surface area contributed by atoms with Crippen LogP contribution in [0.25, 0.3) is 0 Å². The molecule has 2 unspecified atom stereocenters. The highest BCUT2D eigenvalue weighted by Gasteiger charge is 2.11. The summed E-state index contributed by atoms with van der Waals surface area (Å²) in [7, 11) is 0. The van der Waals surface area contributed by atoms with Crippen molar-refractivity contribution >= 4 is 0 Å². The van der Waals surface area contributed by atoms with Crippen molar-refractivity contribution < 1.29 is 0 Å². The summed E-state index contributed by atoms with van der Waals surface area (Å²) in [5, 5.41) is 0. The zero-order chi connectivity index (χ0) is 10.8. The van der Waals surface area contributed by atoms with Gasteiger partial charge < -0.3 is 0 Å². The molecule has 0 aliphatic heterocycles. The molecule has 0 amide bonds. The van der Waals surface area contributed by atoms with Gasteiger partial charge in [0.15, 0.2) is 0 Å². The van der Waals surface area contributed by atoms with E-state index in [2.05, 4.69) is 27.7 Å². The first kappa shape index (κ1) is 14.0. The van der Waals surface area contributed by atoms with Gasteiger partial charge in [-0.15, -0.1) is 0 Å². The van der Waals surface area contributed by atoms with E-state index in [1.807, 2.05) is 0 Å². The molecule has 0 radical (unpaired) electrons. The predicted octanol–water partition coefficient (Wildman–Crippen LogP) is 5.42. The van der Waals surface area contributed by atoms with Crippen molar-refractivity contribution in [1.82, 2.24) is 0 Å². The third kappa shape index (κ3) is 7.41. The Morgan fingerprint density at radius 2 is 1.43 bits per heavy atom. The van der Waals surface area contributed by atoms with E-state index in [4.69, 9.17) is 0 Å². The van der Waals surface area contributed by atoms with Crippen molar-refractivity contribution in [3.05, 3.63) is 0 Å². The highest BCUT2D eigenvalue weighted by atomic mass is 14.2. The highest BCUT2D eigenvalue weighted by Crippen LogP contribution is 2.25. The summed E-state index contributed by atoms with van der Waals surface area (Å²) in [5.41, 5.74) is 0. The van der Waals surface area contributed by atoms with Crippen molar-refractivity contribution in [2.75, 3.05) is 0 Å². The van der Waals surface area contributed by atoms with E-state index in [0.29, 0.717) is 0 Å². The molecule has 0 spiro atoms. The van der Waals surface area contributed by atoms with Crippen molar-refractivity contribution in [2.45, 2.75) is 79.1 Å². The monoisotopic (exact) mass is 198 g/mol. The van der Waals surface area contributed by atoms with Crippen LogP contribution in [-0.4, -0.2) is 0 Å². The summed E-state index contributed by atoms with van der Waals surface area (Å²) >= 11 is 0. The lowest BCUT2D eigenvalue weighted by Crippen LogP contribution is -2.06. The Balaban J connectivity index is 3.69. The average molecular weight is 198 g/mol. The van der Waals surface area contributed by atoms with Gasteiger partial charge in [-0.2, -0.15) is 0 Å². The quantitative estimate of drug-likeness (QED) is 0.464. The van der Waals surface area contributed by atoms with Crippen LogP contribution in [0.5, 0.6) is 0 Å². The first-order valence-corrected chi connectivity index (χ1v) is 6.74. The van der Waals surface area contributed by atoms with Crippen LogP contribution in [-0.2, 0) is 0 Å². The molecule has 0 heterocycles. The Morgan fingerprint density at radius 1 is 0.786 bits per heavy atom. The van der Waals surface area contributed by atoms with Crippen LogP contribution < -0.4 is 0 Å². The molecule has 0 rings (SSSR count). The molecule has 0 bridgehead atoms. The van der Waals surface area contributed by atoms with Gasteiger partial charge in [0.25, 0.3) is 0 Å². The van der Waals surface area contributed by atoms with Crippen molar-refractivity contribution in [2.24, 2.45) is 11.8 Å². The molecule has 0 heteroatoms. The summed E-state index contributed by atoms with van der Waals surface area (Å²) in [5.74, 6) is 1.97. The standard InChI is InChI=1S/C14H30/c1-5-8-11-14(10-7-3)12-13(4)9-6-2/h13-14H,5-12H2,1-4H3. The second kappa shape index (κ2) is 9.55. The minimum Gasteiger partial charge on any atom is -0.0654 e. The molecular weight excluding hydrogens is 168 g/mol. The third-order valence-corrected chi connectivity index (χ3v) is 3.18. The first-order chi connectivity index (χ1) is 6.74. The molecule has 0 aromatic heterocycles. The predicted molar refractivity (Wildman–Crippen MR) is 66.6 cm³/mol. The largest absolute Gasteiger partial charge is 0.0654 e. The average Bonchev–Trinajstić information content (AvgIpc) is 2.15. The van der Waals surface area contributed by atoms with Gasteiger partial charge in [-0.3, -0.25) is 0 Å². The molecule has 0 aliphatic rings. The molecular formula is C14H30. The van der Waals surface area contributed by atoms with Gasteiger partial charge in [-0.25, -0.2) is 0 Å². The van der Waals surface area contributed by atoms with Crippen LogP contribution >= 0.6 is 0 Å². The fourth-order valence-corrected chi connectivity index (χ4v) is 2.46. The first-order valence-electron chi connectivity index (χ1n) is 6.74. The molecule has 0 saturated carbocycles. The normalized spacial score (nSPS) is 15.4. The summed E-state index contributed by atoms with van der Waals surface area (Å²) in [4.78, 5) is 0. The van der Waals surface area contributed by atoms with E-state index in [1.54, 1.807) is 0 Å². The maximum absolute atomic E-state index is 2.43. The molecule has 0 nitrogen and oxygen atoms in total. The van der Waals surface area contributed by atoms with Gasteiger partial charge >= 0.3 is 0 Å². The summed E-state index contributed by atoms with van der Waals surface area (Å²) in [6.07, 6.45) is 11.3. The van der Waals surface area contributed by atoms with Crippen LogP contribution in [0, 0.1) is 11.8 Å². The van der Waals surface area contributed by atoms with Gasteiger partial charge in [-0.1, -0.05) is 72.6 Å². The van der Waals surface area contributed by atoms with E-state index < -0.39 is 0 Å². The van der Waals surface area contributed by atoms with Gasteiger partial charge in [0.2, 0.25) is 0 Å². The van der Waals surface area contributed by atoms with Gasteiger partial charge in [-0.05, 0) is 18.3 Å². The molecule has 0 N–H and O–H groups in total. The number of hydrogen-bond donors (Lipinski definition) is 0. The molecule has 86 valence electrons. The Morgan fingerprint density at radius 3 is 1.93 bits per heavy atom. The maximum Gasteiger partial charge on any atom is -0.0412 e. The second-order valence-corrected chi connectivity index (χ2v) is 4.93. The highest BCUT2D eigenvalue weighted by molar-refractivity contribution is 4.63. The zero-order valence-corrected chi connectivity index (χ0v) is 10.8. The SMILES string of the molecule is CCCCC(CCC)CC(C)CCC. The van der Waals surface area contributed by atoms with E-state index in [0.717, 1.165) is 11.8 Å². The lowest BCUT2D eigenvalue weighted by atomic mass is 9.86. The van der Waals surface area contributed by atoms with Crippen LogP contribution in [0.4, 0.5) is 0 Å². The summed E-state index contributed by atoms with van der Waals surface area (Å²) < 4.78 is 0. The minimum atomic E-state index is 0.952. The fourth-order valence-electron chi connectivity index (χ4n) is 2.46. The Hall–Kier alpha value is 0. The summed E-state index contributed by atoms with van der Waals surface area (Å²) in [6.45, 7) is 9.36. The van der Waals surface area contributed by atoms with Crippen molar-refractivity contribution in [3.63, 3.8) is 0 Å². The molecule has 0 fully saturated rings. The maximum atomic E-state index is 2.43. The van der Waals surface area contributed by atoms with Crippen LogP contribution in [0.15, 0.2) is 0 Å². The lowest BCUT2D eigenvalue weighted by Gasteiger charge is -2.20. The molecule has 0 aromatic carbocycles. The Bertz CT molecular complexity index is 107. The zero-order valence-electron chi connectivity index (χ0n) is 10.8. The lowest BCUT2D eigenvalue weighted by molar-refractivity contribution is 0.327. The molecule has 2 atom stereocenters. The molecule has 0 aromatic rings. The third-order valence-electron chi connectivity index (χ3n) is 3.18. The minimum absolute atomic E-state index is 0.952. The van der Waals surface area contributed by atoms with E-state index in [9.17, 15) is 0 Å². The molecule has 0 saturated heterocycles. The van der Waals surface area contributed by atoms with Crippen LogP contribution in [0.2, 0.25) is 0 Å². The van der Waals surface area contributed by atoms with Crippen molar-refractivity contribution in [3.8, 4) is 0 Å².